The first-order valence-corrected chi connectivity index (χ1v) is 23.3. The molecule has 60 heavy (non-hydrogen) atoms. The van der Waals surface area contributed by atoms with E-state index in [0.29, 0.717) is 6.42 Å². The summed E-state index contributed by atoms with van der Waals surface area (Å²) >= 11 is 0. The van der Waals surface area contributed by atoms with Crippen molar-refractivity contribution in [2.24, 2.45) is 29.6 Å². The fourth-order valence-electron chi connectivity index (χ4n) is 9.75. The number of hydrogen-bond acceptors (Lipinski definition) is 17. The Labute approximate surface area is 357 Å². The van der Waals surface area contributed by atoms with Gasteiger partial charge in [-0.1, -0.05) is 27.7 Å². The monoisotopic (exact) mass is 881 g/mol. The molecular formula is C42H76NO16P. The normalized spacial score (nSPS) is 46.1. The molecule has 4 rings (SSSR count). The minimum absolute atomic E-state index is 0.0733. The number of carbonyl (C=O) groups excluding carboxylic acids is 2. The molecule has 3 aliphatic heterocycles. The van der Waals surface area contributed by atoms with E-state index < -0.39 is 122 Å². The van der Waals surface area contributed by atoms with Gasteiger partial charge in [-0.2, -0.15) is 0 Å². The molecule has 3 heterocycles. The lowest BCUT2D eigenvalue weighted by Gasteiger charge is -2.49. The van der Waals surface area contributed by atoms with E-state index in [0.717, 1.165) is 0 Å². The molecule has 1 saturated carbocycles. The van der Waals surface area contributed by atoms with E-state index in [-0.39, 0.29) is 44.0 Å². The first-order chi connectivity index (χ1) is 27.9. The maximum absolute atomic E-state index is 14.6. The van der Waals surface area contributed by atoms with Gasteiger partial charge >= 0.3 is 13.6 Å². The number of likely N-dealkylation sites (N-methyl/N-ethyl adjacent to an activating group) is 1. The third-order valence-corrected chi connectivity index (χ3v) is 15.4. The maximum atomic E-state index is 14.6. The van der Waals surface area contributed by atoms with Gasteiger partial charge < -0.3 is 67.2 Å². The average molecular weight is 882 g/mol. The first kappa shape index (κ1) is 51.5. The largest absolute Gasteiger partial charge is 0.458 e. The van der Waals surface area contributed by atoms with Gasteiger partial charge in [-0.15, -0.1) is 0 Å². The summed E-state index contributed by atoms with van der Waals surface area (Å²) in [6.45, 7) is 19.2. The number of fused-ring (bicyclic) bond motifs is 1. The molecule has 0 aromatic carbocycles. The molecule has 3 saturated heterocycles. The number of esters is 1. The molecule has 0 spiro atoms. The van der Waals surface area contributed by atoms with Crippen LogP contribution in [0.4, 0.5) is 0 Å². The third kappa shape index (κ3) is 10.7. The van der Waals surface area contributed by atoms with Crippen LogP contribution in [0.3, 0.4) is 0 Å². The Morgan fingerprint density at radius 3 is 2.00 bits per heavy atom. The number of Topliss-reactive ketones (excluding diaryl/α,β-unsaturated/α-hetero) is 1. The molecule has 17 nitrogen and oxygen atoms in total. The second-order valence-corrected chi connectivity index (χ2v) is 20.3. The Kier molecular flexibility index (Phi) is 17.5. The van der Waals surface area contributed by atoms with Crippen molar-refractivity contribution in [1.29, 1.82) is 0 Å². The predicted molar refractivity (Wildman–Crippen MR) is 219 cm³/mol. The van der Waals surface area contributed by atoms with Crippen LogP contribution in [-0.2, 0) is 61.1 Å². The molecule has 0 aromatic heterocycles. The highest BCUT2D eigenvalue weighted by Crippen LogP contribution is 2.55. The lowest BCUT2D eigenvalue weighted by molar-refractivity contribution is -0.319. The van der Waals surface area contributed by atoms with E-state index in [9.17, 15) is 29.5 Å². The molecule has 19 atom stereocenters. The summed E-state index contributed by atoms with van der Waals surface area (Å²) in [7, 11) is 2.95. The van der Waals surface area contributed by atoms with Crippen molar-refractivity contribution in [1.82, 2.24) is 4.90 Å². The molecule has 3 N–H and O–H groups in total. The smallest absolute Gasteiger partial charge is 0.356 e. The minimum atomic E-state index is -3.80. The van der Waals surface area contributed by atoms with Crippen LogP contribution in [-0.4, -0.2) is 164 Å². The topological polar surface area (TPSA) is 207 Å². The quantitative estimate of drug-likeness (QED) is 0.167. The molecule has 350 valence electrons. The van der Waals surface area contributed by atoms with Crippen molar-refractivity contribution in [3.8, 4) is 0 Å². The van der Waals surface area contributed by atoms with Crippen LogP contribution in [0.5, 0.6) is 0 Å². The SMILES string of the molecule is CCOP(=O)(CO[C@@H]1[C@@H](C)C(=O)[C@H](C)C[C@](C)(OC)[C@H](O[C@@H]2O[C@H](C)C[C@H](N(C)C)[C@H]2O)[C@@H](C)[C@H](O[C@H]2C[C@@](C)(OC)[C@@H](O)[C@H](C)O2)[C@@H](C)C(=O)O[C@@H]2C(C)[C@@]21O)OCC. The molecule has 1 unspecified atom stereocenters. The molecule has 4 fully saturated rings. The second-order valence-electron chi connectivity index (χ2n) is 18.3. The van der Waals surface area contributed by atoms with E-state index >= 15 is 0 Å². The van der Waals surface area contributed by atoms with E-state index in [2.05, 4.69) is 0 Å². The zero-order valence-corrected chi connectivity index (χ0v) is 39.4. The van der Waals surface area contributed by atoms with Crippen molar-refractivity contribution in [3.63, 3.8) is 0 Å². The van der Waals surface area contributed by atoms with Gasteiger partial charge in [0.15, 0.2) is 12.6 Å². The van der Waals surface area contributed by atoms with Gasteiger partial charge in [-0.25, -0.2) is 0 Å². The summed E-state index contributed by atoms with van der Waals surface area (Å²) in [5.74, 6) is -5.23. The lowest BCUT2D eigenvalue weighted by atomic mass is 9.75. The van der Waals surface area contributed by atoms with Gasteiger partial charge in [0.25, 0.3) is 0 Å². The second kappa shape index (κ2) is 20.4. The number of methoxy groups -OCH3 is 2. The Bertz CT molecular complexity index is 1480. The van der Waals surface area contributed by atoms with Crippen LogP contribution in [0.1, 0.15) is 95.4 Å². The third-order valence-electron chi connectivity index (χ3n) is 13.7. The number of aliphatic hydroxyl groups is 3. The van der Waals surface area contributed by atoms with Crippen molar-refractivity contribution < 1.29 is 76.4 Å². The van der Waals surface area contributed by atoms with Crippen LogP contribution in [0.25, 0.3) is 0 Å². The van der Waals surface area contributed by atoms with Crippen LogP contribution in [0.15, 0.2) is 0 Å². The highest BCUT2D eigenvalue weighted by Gasteiger charge is 2.71. The zero-order valence-electron chi connectivity index (χ0n) is 38.5. The Morgan fingerprint density at radius 2 is 1.45 bits per heavy atom. The predicted octanol–water partition coefficient (Wildman–Crippen LogP) is 3.91. The molecule has 0 aromatic rings. The summed E-state index contributed by atoms with van der Waals surface area (Å²) in [5, 5.41) is 35.0. The standard InChI is InChI=1S/C42H76NO16P/c1-16-53-60(49,54-17-2)21-52-36-24(5)31(44)22(3)19-41(11,51-15)35(59-39-32(45)29(43(12)13)18-23(4)55-39)25(6)33(26(7)38(47)58-37-27(8)42(36,37)48)57-30-20-40(10,50-14)34(46)28(9)56-30/h22-30,32-37,39,45-46,48H,16-21H2,1-15H3/t22-,23-,24+,25+,26-,27?,28+,29+,30+,32-,33+,34+,35-,36-,37-,39+,40-,41+,42+/m1/s1. The van der Waals surface area contributed by atoms with Crippen molar-refractivity contribution in [3.05, 3.63) is 0 Å². The summed E-state index contributed by atoms with van der Waals surface area (Å²) in [6.07, 6.45) is -9.42. The summed E-state index contributed by atoms with van der Waals surface area (Å²) in [6, 6.07) is -0.309. The first-order valence-electron chi connectivity index (χ1n) is 21.6. The molecule has 18 heteroatoms. The summed E-state index contributed by atoms with van der Waals surface area (Å²) < 4.78 is 75.2. The van der Waals surface area contributed by atoms with Crippen LogP contribution in [0.2, 0.25) is 0 Å². The van der Waals surface area contributed by atoms with Crippen LogP contribution >= 0.6 is 7.60 Å². The fourth-order valence-corrected chi connectivity index (χ4v) is 11.1. The molecule has 0 amide bonds. The van der Waals surface area contributed by atoms with Crippen molar-refractivity contribution in [2.45, 2.75) is 180 Å². The van der Waals surface area contributed by atoms with E-state index in [1.54, 1.807) is 62.3 Å². The number of ether oxygens (including phenoxy) is 8. The van der Waals surface area contributed by atoms with Gasteiger partial charge in [0, 0.05) is 50.4 Å². The van der Waals surface area contributed by atoms with E-state index in [4.69, 9.17) is 46.9 Å². The Hall–Kier alpha value is -1.15. The summed E-state index contributed by atoms with van der Waals surface area (Å²) in [5.41, 5.74) is -4.20. The number of rotatable bonds is 14. The van der Waals surface area contributed by atoms with Gasteiger partial charge in [0.1, 0.15) is 42.1 Å². The number of nitrogens with zero attached hydrogens (tertiary/aromatic N) is 1. The highest BCUT2D eigenvalue weighted by molar-refractivity contribution is 7.53. The number of carbonyl (C=O) groups is 2. The minimum Gasteiger partial charge on any atom is -0.458 e. The van der Waals surface area contributed by atoms with Gasteiger partial charge in [0.05, 0.1) is 54.7 Å². The number of ketones is 1. The summed E-state index contributed by atoms with van der Waals surface area (Å²) in [4.78, 5) is 31.0. The van der Waals surface area contributed by atoms with Crippen LogP contribution in [0, 0.1) is 29.6 Å². The lowest BCUT2D eigenvalue weighted by Crippen LogP contribution is -2.61. The van der Waals surface area contributed by atoms with Crippen molar-refractivity contribution >= 4 is 19.3 Å². The molecule has 1 aliphatic carbocycles. The van der Waals surface area contributed by atoms with Gasteiger partial charge in [-0.3, -0.25) is 14.2 Å². The van der Waals surface area contributed by atoms with Gasteiger partial charge in [-0.05, 0) is 75.4 Å². The molecule has 4 aliphatic rings. The molecule has 0 radical (unpaired) electrons. The average Bonchev–Trinajstić information content (AvgIpc) is 3.70. The van der Waals surface area contributed by atoms with E-state index in [1.807, 2.05) is 32.8 Å². The molecule has 0 bridgehead atoms. The van der Waals surface area contributed by atoms with Gasteiger partial charge in [0.2, 0.25) is 0 Å². The highest BCUT2D eigenvalue weighted by atomic mass is 31.2. The maximum Gasteiger partial charge on any atom is 0.356 e. The fraction of sp³-hybridized carbons (Fsp3) is 0.952. The van der Waals surface area contributed by atoms with Crippen molar-refractivity contribution in [2.75, 3.05) is 47.9 Å². The zero-order chi connectivity index (χ0) is 45.3. The number of aliphatic hydroxyl groups excluding tert-OH is 2. The Morgan fingerprint density at radius 1 is 0.850 bits per heavy atom. The Balaban J connectivity index is 1.85. The number of hydrogen-bond donors (Lipinski definition) is 3. The van der Waals surface area contributed by atoms with E-state index in [1.165, 1.54) is 14.2 Å². The molecular weight excluding hydrogens is 805 g/mol. The van der Waals surface area contributed by atoms with Crippen LogP contribution < -0.4 is 0 Å².